The van der Waals surface area contributed by atoms with Crippen LogP contribution >= 0.6 is 0 Å². The van der Waals surface area contributed by atoms with Gasteiger partial charge >= 0.3 is 0 Å². The first-order valence-corrected chi connectivity index (χ1v) is 18.1. The maximum absolute atomic E-state index is 12.8. The first kappa shape index (κ1) is 38.7. The van der Waals surface area contributed by atoms with Gasteiger partial charge in [0.25, 0.3) is 21.9 Å². The van der Waals surface area contributed by atoms with Gasteiger partial charge in [0.2, 0.25) is 17.7 Å². The number of ether oxygens (including phenoxy) is 1. The van der Waals surface area contributed by atoms with Crippen molar-refractivity contribution in [2.75, 3.05) is 38.6 Å². The summed E-state index contributed by atoms with van der Waals surface area (Å²) in [7, 11) is -4.62. The number of aromatic nitrogens is 2. The molecule has 1 aliphatic heterocycles. The Morgan fingerprint density at radius 2 is 1.57 bits per heavy atom. The van der Waals surface area contributed by atoms with Crippen LogP contribution in [0.2, 0.25) is 0 Å². The highest BCUT2D eigenvalue weighted by molar-refractivity contribution is 7.85. The van der Waals surface area contributed by atoms with Crippen molar-refractivity contribution in [3.8, 4) is 0 Å². The number of unbranched alkanes of at least 4 members (excludes halogenated alkanes) is 1. The zero-order valence-electron chi connectivity index (χ0n) is 27.8. The molecular formula is C34H40N6O10S. The molecule has 1 aliphatic rings. The zero-order chi connectivity index (χ0) is 36.8. The lowest BCUT2D eigenvalue weighted by molar-refractivity contribution is -0.137. The first-order valence-electron chi connectivity index (χ1n) is 16.4. The SMILES string of the molecule is O=C(CCCC(=O)NC(CS(=O)(=O)O)C(=O)NCCCCC(=O)NCCOCCN1C(=O)C=CC1=O)Cc1ccnc2c1ccc1cccnc12. The molecule has 3 aromatic rings. The maximum atomic E-state index is 12.8. The average Bonchev–Trinajstić information content (AvgIpc) is 3.41. The lowest BCUT2D eigenvalue weighted by Crippen LogP contribution is -2.50. The summed E-state index contributed by atoms with van der Waals surface area (Å²) >= 11 is 0. The highest BCUT2D eigenvalue weighted by Crippen LogP contribution is 2.25. The molecule has 3 heterocycles. The number of pyridine rings is 2. The van der Waals surface area contributed by atoms with Crippen LogP contribution in [0.3, 0.4) is 0 Å². The lowest BCUT2D eigenvalue weighted by atomic mass is 10.00. The molecular weight excluding hydrogens is 684 g/mol. The third kappa shape index (κ3) is 12.3. The number of fused-ring (bicyclic) bond motifs is 3. The van der Waals surface area contributed by atoms with Crippen molar-refractivity contribution in [3.05, 3.63) is 60.4 Å². The summed E-state index contributed by atoms with van der Waals surface area (Å²) in [6.45, 7) is 0.733. The predicted molar refractivity (Wildman–Crippen MR) is 185 cm³/mol. The Kier molecular flexibility index (Phi) is 14.2. The molecule has 0 radical (unpaired) electrons. The Balaban J connectivity index is 1.11. The number of rotatable bonds is 21. The van der Waals surface area contributed by atoms with E-state index >= 15 is 0 Å². The minimum absolute atomic E-state index is 0.0693. The van der Waals surface area contributed by atoms with Crippen molar-refractivity contribution in [2.45, 2.75) is 51.0 Å². The van der Waals surface area contributed by atoms with Crippen LogP contribution in [0, 0.1) is 0 Å². The largest absolute Gasteiger partial charge is 0.378 e. The van der Waals surface area contributed by atoms with Crippen LogP contribution in [0.15, 0.2) is 54.9 Å². The predicted octanol–water partition coefficient (Wildman–Crippen LogP) is 0.782. The van der Waals surface area contributed by atoms with E-state index in [-0.39, 0.29) is 76.6 Å². The van der Waals surface area contributed by atoms with Gasteiger partial charge in [0.15, 0.2) is 0 Å². The number of ketones is 1. The van der Waals surface area contributed by atoms with Gasteiger partial charge in [-0.25, -0.2) is 0 Å². The fourth-order valence-corrected chi connectivity index (χ4v) is 6.03. The first-order chi connectivity index (χ1) is 24.4. The molecule has 0 bridgehead atoms. The molecule has 1 aromatic carbocycles. The quantitative estimate of drug-likeness (QED) is 0.0517. The molecule has 0 aliphatic carbocycles. The summed E-state index contributed by atoms with van der Waals surface area (Å²) in [5.74, 6) is -3.68. The Morgan fingerprint density at radius 3 is 2.33 bits per heavy atom. The standard InChI is InChI=1S/C34H40N6O10S/c41-25(21-24-13-16-37-33-26(24)10-9-23-5-4-15-36-32(23)33)6-3-8-29(43)39-27(22-51(47,48)49)34(46)38-14-2-1-7-28(42)35-17-19-50-20-18-40-30(44)11-12-31(40)45/h4-5,9-13,15-16,27H,1-3,6-8,14,17-22H2,(H,35,42)(H,38,46)(H,39,43)(H,47,48,49). The summed E-state index contributed by atoms with van der Waals surface area (Å²) in [4.78, 5) is 82.9. The van der Waals surface area contributed by atoms with Gasteiger partial charge in [0.1, 0.15) is 17.6 Å². The van der Waals surface area contributed by atoms with E-state index in [9.17, 15) is 41.7 Å². The van der Waals surface area contributed by atoms with Crippen LogP contribution in [0.4, 0.5) is 0 Å². The van der Waals surface area contributed by atoms with Gasteiger partial charge in [-0.15, -0.1) is 0 Å². The molecule has 17 heteroatoms. The second-order valence-corrected chi connectivity index (χ2v) is 13.3. The minimum atomic E-state index is -4.62. The Labute approximate surface area is 294 Å². The molecule has 272 valence electrons. The van der Waals surface area contributed by atoms with Gasteiger partial charge < -0.3 is 20.7 Å². The van der Waals surface area contributed by atoms with Crippen molar-refractivity contribution in [1.29, 1.82) is 0 Å². The zero-order valence-corrected chi connectivity index (χ0v) is 28.7. The molecule has 0 saturated heterocycles. The molecule has 1 atom stereocenters. The molecule has 5 amide bonds. The summed E-state index contributed by atoms with van der Waals surface area (Å²) in [5.41, 5.74) is 2.20. The third-order valence-corrected chi connectivity index (χ3v) is 8.66. The van der Waals surface area contributed by atoms with Crippen LogP contribution in [0.5, 0.6) is 0 Å². The molecule has 2 aromatic heterocycles. The van der Waals surface area contributed by atoms with Crippen LogP contribution in [0.25, 0.3) is 21.8 Å². The molecule has 0 saturated carbocycles. The van der Waals surface area contributed by atoms with Gasteiger partial charge in [-0.3, -0.25) is 48.2 Å². The third-order valence-electron chi connectivity index (χ3n) is 7.91. The van der Waals surface area contributed by atoms with Gasteiger partial charge in [-0.1, -0.05) is 18.2 Å². The number of carbonyl (C=O) groups is 6. The Hall–Kier alpha value is -5.13. The lowest BCUT2D eigenvalue weighted by Gasteiger charge is -2.17. The highest BCUT2D eigenvalue weighted by Gasteiger charge is 2.26. The normalized spacial score (nSPS) is 13.5. The summed E-state index contributed by atoms with van der Waals surface area (Å²) in [5, 5.41) is 9.23. The van der Waals surface area contributed by atoms with E-state index < -0.39 is 45.5 Å². The van der Waals surface area contributed by atoms with Gasteiger partial charge in [-0.05, 0) is 37.0 Å². The fraction of sp³-hybridized carbons (Fsp3) is 0.412. The molecule has 4 N–H and O–H groups in total. The highest BCUT2D eigenvalue weighted by atomic mass is 32.2. The van der Waals surface area contributed by atoms with Crippen molar-refractivity contribution in [2.24, 2.45) is 0 Å². The van der Waals surface area contributed by atoms with Gasteiger partial charge in [-0.2, -0.15) is 8.42 Å². The van der Waals surface area contributed by atoms with E-state index in [4.69, 9.17) is 4.74 Å². The van der Waals surface area contributed by atoms with Gasteiger partial charge in [0.05, 0.1) is 30.8 Å². The molecule has 4 rings (SSSR count). The van der Waals surface area contributed by atoms with Crippen molar-refractivity contribution >= 4 is 67.2 Å². The Morgan fingerprint density at radius 1 is 0.824 bits per heavy atom. The van der Waals surface area contributed by atoms with E-state index in [0.29, 0.717) is 18.4 Å². The number of nitrogens with zero attached hydrogens (tertiary/aromatic N) is 3. The van der Waals surface area contributed by atoms with Crippen LogP contribution in [0.1, 0.15) is 44.1 Å². The fourth-order valence-electron chi connectivity index (χ4n) is 5.38. The molecule has 51 heavy (non-hydrogen) atoms. The number of benzene rings is 1. The molecule has 0 fully saturated rings. The second-order valence-electron chi connectivity index (χ2n) is 11.8. The maximum Gasteiger partial charge on any atom is 0.267 e. The molecule has 1 unspecified atom stereocenters. The van der Waals surface area contributed by atoms with Crippen molar-refractivity contribution < 1.29 is 46.5 Å². The van der Waals surface area contributed by atoms with E-state index in [2.05, 4.69) is 25.9 Å². The Bertz CT molecular complexity index is 1900. The van der Waals surface area contributed by atoms with Crippen LogP contribution < -0.4 is 16.0 Å². The monoisotopic (exact) mass is 724 g/mol. The van der Waals surface area contributed by atoms with E-state index in [0.717, 1.165) is 26.8 Å². The smallest absolute Gasteiger partial charge is 0.267 e. The summed E-state index contributed by atoms with van der Waals surface area (Å²) in [6.07, 6.45) is 6.78. The molecule has 0 spiro atoms. The number of hydrogen-bond donors (Lipinski definition) is 4. The van der Waals surface area contributed by atoms with E-state index in [1.54, 1.807) is 18.5 Å². The average molecular weight is 725 g/mol. The number of nitrogens with one attached hydrogen (secondary N) is 3. The van der Waals surface area contributed by atoms with Crippen molar-refractivity contribution in [3.63, 3.8) is 0 Å². The number of Topliss-reactive ketones (excluding diaryl/α,β-unsaturated/α-hetero) is 1. The van der Waals surface area contributed by atoms with E-state index in [1.807, 2.05) is 24.3 Å². The summed E-state index contributed by atoms with van der Waals surface area (Å²) < 4.78 is 37.7. The topological polar surface area (TPSA) is 231 Å². The molecule has 16 nitrogen and oxygen atoms in total. The number of hydrogen-bond acceptors (Lipinski definition) is 11. The number of amides is 5. The number of carbonyl (C=O) groups excluding carboxylic acids is 6. The van der Waals surface area contributed by atoms with Crippen molar-refractivity contribution in [1.82, 2.24) is 30.8 Å². The van der Waals surface area contributed by atoms with E-state index in [1.165, 1.54) is 12.2 Å². The van der Waals surface area contributed by atoms with Gasteiger partial charge in [0, 0.05) is 74.1 Å². The van der Waals surface area contributed by atoms with Crippen LogP contribution in [-0.4, -0.2) is 108 Å². The second kappa shape index (κ2) is 18.7. The summed E-state index contributed by atoms with van der Waals surface area (Å²) in [6, 6.07) is 7.77. The minimum Gasteiger partial charge on any atom is -0.378 e. The van der Waals surface area contributed by atoms with Crippen LogP contribution in [-0.2, 0) is 50.0 Å². The number of imide groups is 1.